The number of carboxylic acids is 1. The summed E-state index contributed by atoms with van der Waals surface area (Å²) in [4.78, 5) is 24.6. The molecule has 0 unspecified atom stereocenters. The Hall–Kier alpha value is -4.18. The fourth-order valence-corrected chi connectivity index (χ4v) is 3.72. The lowest BCUT2D eigenvalue weighted by atomic mass is 9.96. The predicted molar refractivity (Wildman–Crippen MR) is 130 cm³/mol. The molecule has 32 heavy (non-hydrogen) atoms. The number of amides is 1. The molecule has 0 aliphatic rings. The van der Waals surface area contributed by atoms with Crippen LogP contribution < -0.4 is 5.32 Å². The molecule has 0 aromatic heterocycles. The van der Waals surface area contributed by atoms with Crippen molar-refractivity contribution >= 4 is 34.4 Å². The Morgan fingerprint density at radius 1 is 0.844 bits per heavy atom. The van der Waals surface area contributed by atoms with Gasteiger partial charge < -0.3 is 10.4 Å². The maximum atomic E-state index is 13.3. The number of anilines is 1. The van der Waals surface area contributed by atoms with Gasteiger partial charge in [0.1, 0.15) is 0 Å². The highest BCUT2D eigenvalue weighted by molar-refractivity contribution is 6.14. The SMILES string of the molecule is CCC(=Cc1cccc(NC(=O)c2cc(-c3ccccc3)cc3ccccc23)c1)C(=O)O. The second-order valence-corrected chi connectivity index (χ2v) is 7.52. The second kappa shape index (κ2) is 9.31. The van der Waals surface area contributed by atoms with Crippen molar-refractivity contribution in [1.29, 1.82) is 0 Å². The highest BCUT2D eigenvalue weighted by Crippen LogP contribution is 2.28. The number of hydrogen-bond acceptors (Lipinski definition) is 2. The van der Waals surface area contributed by atoms with E-state index in [0.717, 1.165) is 27.5 Å². The Bertz CT molecular complexity index is 1320. The first-order valence-corrected chi connectivity index (χ1v) is 10.5. The molecule has 0 fully saturated rings. The molecule has 4 heteroatoms. The number of hydrogen-bond donors (Lipinski definition) is 2. The van der Waals surface area contributed by atoms with Crippen molar-refractivity contribution < 1.29 is 14.7 Å². The first-order chi connectivity index (χ1) is 15.5. The molecule has 0 aliphatic carbocycles. The van der Waals surface area contributed by atoms with Crippen LogP contribution in [0.5, 0.6) is 0 Å². The molecule has 0 atom stereocenters. The number of rotatable bonds is 6. The zero-order valence-electron chi connectivity index (χ0n) is 17.7. The third-order valence-corrected chi connectivity index (χ3v) is 5.35. The topological polar surface area (TPSA) is 66.4 Å². The summed E-state index contributed by atoms with van der Waals surface area (Å²) < 4.78 is 0. The van der Waals surface area contributed by atoms with Crippen LogP contribution in [-0.4, -0.2) is 17.0 Å². The van der Waals surface area contributed by atoms with Gasteiger partial charge in [0.15, 0.2) is 0 Å². The zero-order chi connectivity index (χ0) is 22.5. The minimum atomic E-state index is -0.939. The third-order valence-electron chi connectivity index (χ3n) is 5.35. The van der Waals surface area contributed by atoms with Gasteiger partial charge in [0.25, 0.3) is 5.91 Å². The van der Waals surface area contributed by atoms with Crippen LogP contribution in [0.2, 0.25) is 0 Å². The van der Waals surface area contributed by atoms with Crippen LogP contribution >= 0.6 is 0 Å². The number of benzene rings is 4. The molecule has 0 bridgehead atoms. The van der Waals surface area contributed by atoms with E-state index >= 15 is 0 Å². The van der Waals surface area contributed by atoms with Gasteiger partial charge in [-0.3, -0.25) is 4.79 Å². The summed E-state index contributed by atoms with van der Waals surface area (Å²) in [7, 11) is 0. The van der Waals surface area contributed by atoms with E-state index in [1.54, 1.807) is 31.2 Å². The molecule has 4 nitrogen and oxygen atoms in total. The van der Waals surface area contributed by atoms with Crippen molar-refractivity contribution in [2.45, 2.75) is 13.3 Å². The van der Waals surface area contributed by atoms with E-state index in [1.165, 1.54) is 0 Å². The molecule has 0 aliphatic heterocycles. The molecular formula is C28H23NO3. The molecule has 4 aromatic carbocycles. The summed E-state index contributed by atoms with van der Waals surface area (Å²) in [6, 6.07) is 29.0. The van der Waals surface area contributed by atoms with Crippen LogP contribution in [0.4, 0.5) is 5.69 Å². The average molecular weight is 421 g/mol. The van der Waals surface area contributed by atoms with Crippen molar-refractivity contribution in [3.05, 3.63) is 108 Å². The van der Waals surface area contributed by atoms with Crippen molar-refractivity contribution in [3.8, 4) is 11.1 Å². The fraction of sp³-hybridized carbons (Fsp3) is 0.0714. The Labute approximate surface area is 186 Å². The van der Waals surface area contributed by atoms with E-state index in [1.807, 2.05) is 66.7 Å². The largest absolute Gasteiger partial charge is 0.478 e. The Morgan fingerprint density at radius 3 is 2.34 bits per heavy atom. The first kappa shape index (κ1) is 21.1. The summed E-state index contributed by atoms with van der Waals surface area (Å²) in [5.74, 6) is -1.15. The molecule has 0 radical (unpaired) electrons. The van der Waals surface area contributed by atoms with Crippen LogP contribution in [0.25, 0.3) is 28.0 Å². The van der Waals surface area contributed by atoms with Crippen molar-refractivity contribution in [3.63, 3.8) is 0 Å². The van der Waals surface area contributed by atoms with Crippen LogP contribution in [0.15, 0.2) is 96.6 Å². The maximum absolute atomic E-state index is 13.3. The minimum Gasteiger partial charge on any atom is -0.478 e. The van der Waals surface area contributed by atoms with Crippen molar-refractivity contribution in [2.24, 2.45) is 0 Å². The zero-order valence-corrected chi connectivity index (χ0v) is 17.7. The molecule has 0 heterocycles. The molecule has 1 amide bonds. The standard InChI is InChI=1S/C28H23NO3/c1-2-20(28(31)32)15-19-9-8-13-24(16-19)29-27(30)26-18-23(21-10-4-3-5-11-21)17-22-12-6-7-14-25(22)26/h3-18H,2H2,1H3,(H,29,30)(H,31,32). The fourth-order valence-electron chi connectivity index (χ4n) is 3.72. The molecule has 4 aromatic rings. The van der Waals surface area contributed by atoms with Gasteiger partial charge in [0.05, 0.1) is 0 Å². The lowest BCUT2D eigenvalue weighted by Gasteiger charge is -2.12. The van der Waals surface area contributed by atoms with Gasteiger partial charge in [-0.15, -0.1) is 0 Å². The smallest absolute Gasteiger partial charge is 0.331 e. The third kappa shape index (κ3) is 4.60. The van der Waals surface area contributed by atoms with E-state index in [4.69, 9.17) is 0 Å². The van der Waals surface area contributed by atoms with E-state index in [2.05, 4.69) is 11.4 Å². The monoisotopic (exact) mass is 421 g/mol. The highest BCUT2D eigenvalue weighted by Gasteiger charge is 2.13. The lowest BCUT2D eigenvalue weighted by Crippen LogP contribution is -2.12. The molecule has 158 valence electrons. The minimum absolute atomic E-state index is 0.214. The Balaban J connectivity index is 1.70. The average Bonchev–Trinajstić information content (AvgIpc) is 2.82. The summed E-state index contributed by atoms with van der Waals surface area (Å²) in [5.41, 5.74) is 4.25. The summed E-state index contributed by atoms with van der Waals surface area (Å²) in [6.45, 7) is 1.80. The van der Waals surface area contributed by atoms with E-state index in [9.17, 15) is 14.7 Å². The molecule has 0 saturated heterocycles. The van der Waals surface area contributed by atoms with Gasteiger partial charge in [-0.1, -0.05) is 73.7 Å². The van der Waals surface area contributed by atoms with Crippen LogP contribution in [0, 0.1) is 0 Å². The number of aliphatic carboxylic acids is 1. The van der Waals surface area contributed by atoms with E-state index in [-0.39, 0.29) is 5.91 Å². The summed E-state index contributed by atoms with van der Waals surface area (Å²) in [6.07, 6.45) is 2.05. The van der Waals surface area contributed by atoms with E-state index < -0.39 is 5.97 Å². The van der Waals surface area contributed by atoms with Gasteiger partial charge in [0.2, 0.25) is 0 Å². The molecule has 0 saturated carbocycles. The van der Waals surface area contributed by atoms with E-state index in [0.29, 0.717) is 23.2 Å². The second-order valence-electron chi connectivity index (χ2n) is 7.52. The maximum Gasteiger partial charge on any atom is 0.331 e. The van der Waals surface area contributed by atoms with Crippen LogP contribution in [0.3, 0.4) is 0 Å². The first-order valence-electron chi connectivity index (χ1n) is 10.5. The number of carbonyl (C=O) groups excluding carboxylic acids is 1. The van der Waals surface area contributed by atoms with Gasteiger partial charge in [0, 0.05) is 16.8 Å². The number of nitrogens with one attached hydrogen (secondary N) is 1. The van der Waals surface area contributed by atoms with Crippen molar-refractivity contribution in [2.75, 3.05) is 5.32 Å². The van der Waals surface area contributed by atoms with Gasteiger partial charge in [-0.2, -0.15) is 0 Å². The number of fused-ring (bicyclic) bond motifs is 1. The Kier molecular flexibility index (Phi) is 6.13. The number of carboxylic acid groups (broad SMARTS) is 1. The van der Waals surface area contributed by atoms with Crippen LogP contribution in [0.1, 0.15) is 29.3 Å². The predicted octanol–water partition coefficient (Wildman–Crippen LogP) is 6.64. The van der Waals surface area contributed by atoms with Gasteiger partial charge in [-0.05, 0) is 64.2 Å². The van der Waals surface area contributed by atoms with Crippen molar-refractivity contribution in [1.82, 2.24) is 0 Å². The normalized spacial score (nSPS) is 11.3. The van der Waals surface area contributed by atoms with Gasteiger partial charge >= 0.3 is 5.97 Å². The molecular weight excluding hydrogens is 398 g/mol. The molecule has 2 N–H and O–H groups in total. The quantitative estimate of drug-likeness (QED) is 0.343. The number of carbonyl (C=O) groups is 2. The summed E-state index contributed by atoms with van der Waals surface area (Å²) >= 11 is 0. The van der Waals surface area contributed by atoms with Gasteiger partial charge in [-0.25, -0.2) is 4.79 Å². The molecule has 4 rings (SSSR count). The van der Waals surface area contributed by atoms with Crippen LogP contribution in [-0.2, 0) is 4.79 Å². The summed E-state index contributed by atoms with van der Waals surface area (Å²) in [5, 5.41) is 14.1. The molecule has 0 spiro atoms. The highest BCUT2D eigenvalue weighted by atomic mass is 16.4. The Morgan fingerprint density at radius 2 is 1.59 bits per heavy atom. The lowest BCUT2D eigenvalue weighted by molar-refractivity contribution is -0.132.